The minimum absolute atomic E-state index is 0. The molecule has 0 unspecified atom stereocenters. The van der Waals surface area contributed by atoms with Gasteiger partial charge in [-0.15, -0.1) is 0 Å². The van der Waals surface area contributed by atoms with Crippen LogP contribution in [0, 0.1) is 13.5 Å². The first-order valence-corrected chi connectivity index (χ1v) is 7.11. The first kappa shape index (κ1) is 19.9. The van der Waals surface area contributed by atoms with E-state index in [2.05, 4.69) is 11.1 Å². The van der Waals surface area contributed by atoms with Gasteiger partial charge in [-0.2, -0.15) is 6.07 Å². The third-order valence-corrected chi connectivity index (χ3v) is 3.14. The predicted molar refractivity (Wildman–Crippen MR) is 91.0 cm³/mol. The first-order chi connectivity index (χ1) is 10.9. The van der Waals surface area contributed by atoms with Crippen LogP contribution in [-0.2, 0) is 34.3 Å². The Hall–Kier alpha value is -2.12. The van der Waals surface area contributed by atoms with Crippen molar-refractivity contribution in [3.05, 3.63) is 97.5 Å². The van der Waals surface area contributed by atoms with Gasteiger partial charge in [-0.3, -0.25) is 4.98 Å². The van der Waals surface area contributed by atoms with Crippen molar-refractivity contribution in [2.24, 2.45) is 0 Å². The van der Waals surface area contributed by atoms with Crippen molar-refractivity contribution in [3.63, 3.8) is 0 Å². The van der Waals surface area contributed by atoms with Crippen LogP contribution in [0.5, 0.6) is 11.6 Å². The Morgan fingerprint density at radius 3 is 1.92 bits per heavy atom. The minimum atomic E-state index is 0. The average molecular weight is 489 g/mol. The van der Waals surface area contributed by atoms with Crippen LogP contribution in [0.4, 0.5) is 0 Å². The van der Waals surface area contributed by atoms with E-state index in [0.29, 0.717) is 24.8 Å². The molecule has 0 saturated heterocycles. The summed E-state index contributed by atoms with van der Waals surface area (Å²) in [6.07, 6.45) is 1.58. The Labute approximate surface area is 157 Å². The van der Waals surface area contributed by atoms with E-state index in [1.165, 1.54) is 0 Å². The zero-order valence-corrected chi connectivity index (χ0v) is 16.4. The molecule has 0 fully saturated rings. The largest absolute Gasteiger partial charge is 2.00 e. The maximum absolute atomic E-state index is 5.79. The van der Waals surface area contributed by atoms with Crippen LogP contribution in [0.2, 0.25) is 0 Å². The number of pyridine rings is 1. The van der Waals surface area contributed by atoms with Crippen LogP contribution in [0.3, 0.4) is 0 Å². The molecule has 2 aromatic carbocycles. The normalized spacial score (nSPS) is 9.33. The molecule has 3 nitrogen and oxygen atoms in total. The van der Waals surface area contributed by atoms with Gasteiger partial charge in [0.2, 0.25) is 0 Å². The van der Waals surface area contributed by atoms with Gasteiger partial charge in [0, 0.05) is 5.75 Å². The molecular formula is C20H19NO2W. The van der Waals surface area contributed by atoms with Crippen LogP contribution in [-0.4, -0.2) is 4.98 Å². The van der Waals surface area contributed by atoms with E-state index in [1.54, 1.807) is 12.3 Å². The van der Waals surface area contributed by atoms with Crippen LogP contribution in [0.1, 0.15) is 11.1 Å². The van der Waals surface area contributed by atoms with Crippen molar-refractivity contribution in [3.8, 4) is 11.6 Å². The minimum Gasteiger partial charge on any atom is -0.570 e. The fraction of sp³-hybridized carbons (Fsp3) is 0.100. The molecule has 0 atom stereocenters. The number of nitrogens with zero attached hydrogens (tertiary/aromatic N) is 1. The topological polar surface area (TPSA) is 31.4 Å². The molecule has 122 valence electrons. The van der Waals surface area contributed by atoms with Crippen molar-refractivity contribution in [1.29, 1.82) is 0 Å². The molecule has 0 radical (unpaired) electrons. The van der Waals surface area contributed by atoms with Crippen molar-refractivity contribution in [2.45, 2.75) is 13.2 Å². The Kier molecular flexibility index (Phi) is 8.81. The molecule has 0 amide bonds. The summed E-state index contributed by atoms with van der Waals surface area (Å²) >= 11 is 0. The van der Waals surface area contributed by atoms with E-state index in [0.717, 1.165) is 11.1 Å². The van der Waals surface area contributed by atoms with Crippen LogP contribution in [0.25, 0.3) is 0 Å². The van der Waals surface area contributed by atoms with E-state index >= 15 is 0 Å². The number of rotatable bonds is 6. The van der Waals surface area contributed by atoms with Gasteiger partial charge in [0.15, 0.2) is 5.88 Å². The van der Waals surface area contributed by atoms with Gasteiger partial charge in [-0.05, 0) is 11.1 Å². The molecule has 3 aromatic rings. The number of aromatic nitrogens is 1. The van der Waals surface area contributed by atoms with Gasteiger partial charge >= 0.3 is 21.1 Å². The molecule has 0 saturated carbocycles. The molecule has 0 spiro atoms. The van der Waals surface area contributed by atoms with Gasteiger partial charge in [-0.25, -0.2) is 6.07 Å². The number of ether oxygens (including phenoxy) is 2. The quantitative estimate of drug-likeness (QED) is 0.479. The van der Waals surface area contributed by atoms with Gasteiger partial charge in [0.25, 0.3) is 0 Å². The van der Waals surface area contributed by atoms with Crippen molar-refractivity contribution in [2.75, 3.05) is 0 Å². The average Bonchev–Trinajstić information content (AvgIpc) is 2.61. The fourth-order valence-electron chi connectivity index (χ4n) is 2.01. The summed E-state index contributed by atoms with van der Waals surface area (Å²) in [4.78, 5) is 4.20. The Morgan fingerprint density at radius 1 is 0.792 bits per heavy atom. The zero-order valence-electron chi connectivity index (χ0n) is 13.5. The smallest absolute Gasteiger partial charge is 0.570 e. The molecule has 3 rings (SSSR count). The maximum atomic E-state index is 5.79. The third-order valence-electron chi connectivity index (χ3n) is 3.14. The second-order valence-corrected chi connectivity index (χ2v) is 4.79. The Balaban J connectivity index is 0.00000144. The summed E-state index contributed by atoms with van der Waals surface area (Å²) in [6.45, 7) is 0.932. The summed E-state index contributed by atoms with van der Waals surface area (Å²) < 4.78 is 11.5. The van der Waals surface area contributed by atoms with Gasteiger partial charge in [0.05, 0.1) is 6.61 Å². The number of hydrogen-bond donors (Lipinski definition) is 0. The summed E-state index contributed by atoms with van der Waals surface area (Å²) in [5.41, 5.74) is 2.19. The van der Waals surface area contributed by atoms with Gasteiger partial charge < -0.3 is 16.9 Å². The molecule has 0 bridgehead atoms. The first-order valence-electron chi connectivity index (χ1n) is 7.11. The molecule has 1 heterocycles. The molecule has 0 aliphatic heterocycles. The van der Waals surface area contributed by atoms with Gasteiger partial charge in [0.1, 0.15) is 6.61 Å². The SMILES string of the molecule is [CH3-].[W+2].[c-]1cnc(OCc2ccccc2)c(OCc2ccccc2)c1. The van der Waals surface area contributed by atoms with E-state index in [9.17, 15) is 0 Å². The summed E-state index contributed by atoms with van der Waals surface area (Å²) in [6, 6.07) is 24.6. The summed E-state index contributed by atoms with van der Waals surface area (Å²) in [5, 5.41) is 0. The number of benzene rings is 2. The molecule has 0 aliphatic rings. The van der Waals surface area contributed by atoms with E-state index in [-0.39, 0.29) is 28.5 Å². The van der Waals surface area contributed by atoms with Crippen molar-refractivity contribution in [1.82, 2.24) is 4.98 Å². The summed E-state index contributed by atoms with van der Waals surface area (Å²) in [7, 11) is 0. The predicted octanol–water partition coefficient (Wildman–Crippen LogP) is 4.49. The molecule has 24 heavy (non-hydrogen) atoms. The third kappa shape index (κ3) is 5.82. The van der Waals surface area contributed by atoms with E-state index in [1.807, 2.05) is 60.7 Å². The van der Waals surface area contributed by atoms with Crippen LogP contribution in [0.15, 0.2) is 72.9 Å². The second kappa shape index (κ2) is 10.6. The van der Waals surface area contributed by atoms with Crippen molar-refractivity contribution < 1.29 is 30.5 Å². The van der Waals surface area contributed by atoms with Crippen molar-refractivity contribution >= 4 is 0 Å². The summed E-state index contributed by atoms with van der Waals surface area (Å²) in [5.74, 6) is 1.08. The standard InChI is InChI=1S/C19H16NO2.CH3.W/c1-3-8-16(9-4-1)14-21-18-12-7-13-20-19(18)22-15-17-10-5-2-6-11-17;;/h1-6,8-13H,14-15H2;1H3;/q2*-1;+2. The van der Waals surface area contributed by atoms with Crippen LogP contribution >= 0.6 is 0 Å². The van der Waals surface area contributed by atoms with Crippen LogP contribution < -0.4 is 9.47 Å². The van der Waals surface area contributed by atoms with Gasteiger partial charge in [-0.1, -0.05) is 66.9 Å². The monoisotopic (exact) mass is 489 g/mol. The fourth-order valence-corrected chi connectivity index (χ4v) is 2.01. The molecule has 4 heteroatoms. The maximum Gasteiger partial charge on any atom is 2.00 e. The molecule has 0 aliphatic carbocycles. The molecular weight excluding hydrogens is 470 g/mol. The van der Waals surface area contributed by atoms with E-state index < -0.39 is 0 Å². The Morgan fingerprint density at radius 2 is 1.33 bits per heavy atom. The second-order valence-electron chi connectivity index (χ2n) is 4.79. The Bertz CT molecular complexity index is 643. The van der Waals surface area contributed by atoms with E-state index in [4.69, 9.17) is 9.47 Å². The number of hydrogen-bond acceptors (Lipinski definition) is 3. The zero-order chi connectivity index (χ0) is 15.0. The molecule has 0 N–H and O–H groups in total. The molecule has 1 aromatic heterocycles.